The molecule has 4 heteroatoms. The number of carbonyl (C=O) groups excluding carboxylic acids is 1. The lowest BCUT2D eigenvalue weighted by Gasteiger charge is -2.06. The van der Waals surface area contributed by atoms with E-state index in [1.165, 1.54) is 0 Å². The molecule has 1 rings (SSSR count). The summed E-state index contributed by atoms with van der Waals surface area (Å²) in [5.74, 6) is -0.00535. The van der Waals surface area contributed by atoms with Crippen molar-refractivity contribution in [1.29, 1.82) is 0 Å². The molecular formula is C10H11BrClNO. The smallest absolute Gasteiger partial charge is 0.153 e. The van der Waals surface area contributed by atoms with Crippen molar-refractivity contribution >= 4 is 33.3 Å². The van der Waals surface area contributed by atoms with Gasteiger partial charge in [0.05, 0.1) is 6.04 Å². The zero-order valence-electron chi connectivity index (χ0n) is 7.76. The Bertz CT molecular complexity index is 352. The normalized spacial score (nSPS) is 12.6. The molecule has 1 unspecified atom stereocenters. The Kier molecular flexibility index (Phi) is 4.11. The molecule has 76 valence electrons. The Morgan fingerprint density at radius 2 is 2.29 bits per heavy atom. The lowest BCUT2D eigenvalue weighted by Crippen LogP contribution is -2.28. The zero-order chi connectivity index (χ0) is 10.7. The average Bonchev–Trinajstić information content (AvgIpc) is 2.09. The summed E-state index contributed by atoms with van der Waals surface area (Å²) < 4.78 is 0.902. The van der Waals surface area contributed by atoms with E-state index in [4.69, 9.17) is 17.3 Å². The van der Waals surface area contributed by atoms with Gasteiger partial charge in [-0.2, -0.15) is 0 Å². The quantitative estimate of drug-likeness (QED) is 0.922. The second-order valence-electron chi connectivity index (χ2n) is 3.17. The topological polar surface area (TPSA) is 43.1 Å². The number of rotatable bonds is 3. The van der Waals surface area contributed by atoms with Crippen LogP contribution >= 0.6 is 27.5 Å². The van der Waals surface area contributed by atoms with Crippen molar-refractivity contribution < 1.29 is 4.79 Å². The van der Waals surface area contributed by atoms with Gasteiger partial charge in [-0.15, -0.1) is 0 Å². The molecule has 2 N–H and O–H groups in total. The molecule has 0 saturated carbocycles. The standard InChI is InChI=1S/C10H11BrClNO/c1-6(13)10(14)4-7-2-3-8(11)5-9(7)12/h2-3,5-6H,4,13H2,1H3. The Hall–Kier alpha value is -0.380. The van der Waals surface area contributed by atoms with Crippen molar-refractivity contribution in [2.24, 2.45) is 5.73 Å². The molecule has 0 spiro atoms. The highest BCUT2D eigenvalue weighted by Crippen LogP contribution is 2.21. The van der Waals surface area contributed by atoms with E-state index in [0.29, 0.717) is 11.4 Å². The molecule has 1 aromatic carbocycles. The fraction of sp³-hybridized carbons (Fsp3) is 0.300. The number of hydrogen-bond acceptors (Lipinski definition) is 2. The van der Waals surface area contributed by atoms with Crippen LogP contribution in [0, 0.1) is 0 Å². The molecule has 2 nitrogen and oxygen atoms in total. The minimum absolute atomic E-state index is 0.00535. The first-order chi connectivity index (χ1) is 6.50. The highest BCUT2D eigenvalue weighted by Gasteiger charge is 2.10. The molecule has 0 aromatic heterocycles. The monoisotopic (exact) mass is 275 g/mol. The largest absolute Gasteiger partial charge is 0.322 e. The number of halogens is 2. The summed E-state index contributed by atoms with van der Waals surface area (Å²) in [7, 11) is 0. The predicted molar refractivity (Wildman–Crippen MR) is 61.5 cm³/mol. The molecule has 0 radical (unpaired) electrons. The molecule has 0 bridgehead atoms. The van der Waals surface area contributed by atoms with Crippen LogP contribution in [0.15, 0.2) is 22.7 Å². The summed E-state index contributed by atoms with van der Waals surface area (Å²) in [6.45, 7) is 1.68. The van der Waals surface area contributed by atoms with Crippen molar-refractivity contribution in [3.8, 4) is 0 Å². The molecule has 1 aromatic rings. The van der Waals surface area contributed by atoms with Crippen molar-refractivity contribution in [2.45, 2.75) is 19.4 Å². The fourth-order valence-electron chi connectivity index (χ4n) is 1.01. The fourth-order valence-corrected chi connectivity index (χ4v) is 1.75. The first-order valence-electron chi connectivity index (χ1n) is 4.23. The van der Waals surface area contributed by atoms with E-state index in [0.717, 1.165) is 10.0 Å². The zero-order valence-corrected chi connectivity index (χ0v) is 10.1. The van der Waals surface area contributed by atoms with E-state index in [1.807, 2.05) is 12.1 Å². The van der Waals surface area contributed by atoms with Crippen molar-refractivity contribution in [1.82, 2.24) is 0 Å². The van der Waals surface area contributed by atoms with Crippen LogP contribution in [0.25, 0.3) is 0 Å². The lowest BCUT2D eigenvalue weighted by atomic mass is 10.1. The predicted octanol–water partition coefficient (Wildman–Crippen LogP) is 2.56. The number of ketones is 1. The maximum atomic E-state index is 11.4. The van der Waals surface area contributed by atoms with Gasteiger partial charge in [0.25, 0.3) is 0 Å². The number of benzene rings is 1. The van der Waals surface area contributed by atoms with Crippen LogP contribution in [0.3, 0.4) is 0 Å². The molecule has 1 atom stereocenters. The summed E-state index contributed by atoms with van der Waals surface area (Å²) in [6, 6.07) is 5.02. The second kappa shape index (κ2) is 4.91. The van der Waals surface area contributed by atoms with Crippen LogP contribution in [-0.4, -0.2) is 11.8 Å². The number of carbonyl (C=O) groups is 1. The summed E-state index contributed by atoms with van der Waals surface area (Å²) >= 11 is 9.25. The van der Waals surface area contributed by atoms with Crippen LogP contribution in [0.1, 0.15) is 12.5 Å². The van der Waals surface area contributed by atoms with Gasteiger partial charge in [-0.05, 0) is 24.6 Å². The van der Waals surface area contributed by atoms with E-state index < -0.39 is 6.04 Å². The van der Waals surface area contributed by atoms with E-state index in [2.05, 4.69) is 15.9 Å². The van der Waals surface area contributed by atoms with Crippen LogP contribution in [0.5, 0.6) is 0 Å². The molecule has 0 aliphatic rings. The Morgan fingerprint density at radius 3 is 2.79 bits per heavy atom. The SMILES string of the molecule is CC(N)C(=O)Cc1ccc(Br)cc1Cl. The summed E-state index contributed by atoms with van der Waals surface area (Å²) in [5, 5.41) is 0.591. The van der Waals surface area contributed by atoms with Crippen LogP contribution < -0.4 is 5.73 Å². The highest BCUT2D eigenvalue weighted by atomic mass is 79.9. The van der Waals surface area contributed by atoms with Gasteiger partial charge in [-0.3, -0.25) is 4.79 Å². The van der Waals surface area contributed by atoms with Gasteiger partial charge in [0.1, 0.15) is 0 Å². The number of hydrogen-bond donors (Lipinski definition) is 1. The summed E-state index contributed by atoms with van der Waals surface area (Å²) in [6.07, 6.45) is 0.295. The molecule has 0 aliphatic heterocycles. The maximum Gasteiger partial charge on any atom is 0.153 e. The minimum Gasteiger partial charge on any atom is -0.322 e. The third-order valence-electron chi connectivity index (χ3n) is 1.89. The van der Waals surface area contributed by atoms with Crippen LogP contribution in [0.2, 0.25) is 5.02 Å². The first kappa shape index (κ1) is 11.7. The molecule has 0 aliphatic carbocycles. The molecular weight excluding hydrogens is 265 g/mol. The Labute approximate surface area is 96.6 Å². The van der Waals surface area contributed by atoms with Gasteiger partial charge in [0.2, 0.25) is 0 Å². The van der Waals surface area contributed by atoms with Gasteiger partial charge in [-0.25, -0.2) is 0 Å². The van der Waals surface area contributed by atoms with Crippen LogP contribution in [0.4, 0.5) is 0 Å². The highest BCUT2D eigenvalue weighted by molar-refractivity contribution is 9.10. The third kappa shape index (κ3) is 3.08. The van der Waals surface area contributed by atoms with Gasteiger partial charge in [-0.1, -0.05) is 33.6 Å². The minimum atomic E-state index is -0.435. The van der Waals surface area contributed by atoms with Gasteiger partial charge in [0, 0.05) is 15.9 Å². The van der Waals surface area contributed by atoms with E-state index in [1.54, 1.807) is 13.0 Å². The molecule has 0 fully saturated rings. The van der Waals surface area contributed by atoms with Crippen LogP contribution in [-0.2, 0) is 11.2 Å². The van der Waals surface area contributed by atoms with Gasteiger partial charge in [0.15, 0.2) is 5.78 Å². The average molecular weight is 277 g/mol. The van der Waals surface area contributed by atoms with Crippen molar-refractivity contribution in [3.63, 3.8) is 0 Å². The first-order valence-corrected chi connectivity index (χ1v) is 5.40. The molecule has 0 amide bonds. The Morgan fingerprint density at radius 1 is 1.64 bits per heavy atom. The van der Waals surface area contributed by atoms with E-state index in [-0.39, 0.29) is 5.78 Å². The number of nitrogens with two attached hydrogens (primary N) is 1. The van der Waals surface area contributed by atoms with E-state index in [9.17, 15) is 4.79 Å². The van der Waals surface area contributed by atoms with E-state index >= 15 is 0 Å². The summed E-state index contributed by atoms with van der Waals surface area (Å²) in [5.41, 5.74) is 6.28. The number of Topliss-reactive ketones (excluding diaryl/α,β-unsaturated/α-hetero) is 1. The van der Waals surface area contributed by atoms with Crippen molar-refractivity contribution in [2.75, 3.05) is 0 Å². The second-order valence-corrected chi connectivity index (χ2v) is 4.49. The van der Waals surface area contributed by atoms with Gasteiger partial charge >= 0.3 is 0 Å². The summed E-state index contributed by atoms with van der Waals surface area (Å²) in [4.78, 5) is 11.4. The Balaban J connectivity index is 2.82. The maximum absolute atomic E-state index is 11.4. The van der Waals surface area contributed by atoms with Gasteiger partial charge < -0.3 is 5.73 Å². The third-order valence-corrected chi connectivity index (χ3v) is 2.73. The molecule has 14 heavy (non-hydrogen) atoms. The lowest BCUT2D eigenvalue weighted by molar-refractivity contribution is -0.119. The molecule has 0 saturated heterocycles. The molecule has 0 heterocycles. The van der Waals surface area contributed by atoms with Crippen molar-refractivity contribution in [3.05, 3.63) is 33.3 Å².